The molecule has 0 atom stereocenters. The van der Waals surface area contributed by atoms with Gasteiger partial charge in [0, 0.05) is 5.69 Å². The van der Waals surface area contributed by atoms with Gasteiger partial charge in [-0.15, -0.1) is 4.68 Å². The van der Waals surface area contributed by atoms with Gasteiger partial charge in [0.25, 0.3) is 11.5 Å². The second kappa shape index (κ2) is 9.13. The summed E-state index contributed by atoms with van der Waals surface area (Å²) in [5, 5.41) is 7.19. The molecule has 0 spiro atoms. The van der Waals surface area contributed by atoms with Crippen molar-refractivity contribution in [3.8, 4) is 5.75 Å². The molecule has 3 aromatic carbocycles. The van der Waals surface area contributed by atoms with Gasteiger partial charge in [-0.3, -0.25) is 9.59 Å². The average Bonchev–Trinajstić information content (AvgIpc) is 2.79. The number of hydrogen-bond acceptors (Lipinski definition) is 5. The number of aryl methyl sites for hydroxylation is 1. The number of fused-ring (bicyclic) bond motifs is 1. The van der Waals surface area contributed by atoms with E-state index in [4.69, 9.17) is 4.74 Å². The number of ether oxygens (including phenoxy) is 1. The highest BCUT2D eigenvalue weighted by atomic mass is 16.5. The molecule has 0 unspecified atom stereocenters. The predicted molar refractivity (Wildman–Crippen MR) is 124 cm³/mol. The molecule has 1 aromatic heterocycles. The number of rotatable bonds is 6. The highest BCUT2D eigenvalue weighted by molar-refractivity contribution is 5.92. The van der Waals surface area contributed by atoms with Crippen molar-refractivity contribution in [3.63, 3.8) is 0 Å². The van der Waals surface area contributed by atoms with E-state index in [0.717, 1.165) is 15.9 Å². The van der Waals surface area contributed by atoms with Gasteiger partial charge in [0.15, 0.2) is 6.61 Å². The SMILES string of the molecule is Cc1ccccc1NC(=O)COc1cccc(C=Nn2c(=O)[nH]c3ccccc3c2=O)c1. The lowest BCUT2D eigenvalue weighted by Gasteiger charge is -2.09. The van der Waals surface area contributed by atoms with Gasteiger partial charge in [-0.05, 0) is 48.4 Å². The maximum absolute atomic E-state index is 12.5. The summed E-state index contributed by atoms with van der Waals surface area (Å²) in [4.78, 5) is 39.6. The zero-order valence-electron chi connectivity index (χ0n) is 17.2. The van der Waals surface area contributed by atoms with Gasteiger partial charge in [-0.2, -0.15) is 5.10 Å². The predicted octanol–water partition coefficient (Wildman–Crippen LogP) is 2.90. The van der Waals surface area contributed by atoms with Gasteiger partial charge in [0.05, 0.1) is 17.1 Å². The van der Waals surface area contributed by atoms with Crippen LogP contribution in [0.15, 0.2) is 87.5 Å². The normalized spacial score (nSPS) is 11.0. The molecule has 0 radical (unpaired) electrons. The second-order valence-electron chi connectivity index (χ2n) is 7.06. The molecule has 160 valence electrons. The number of para-hydroxylation sites is 2. The van der Waals surface area contributed by atoms with Crippen molar-refractivity contribution in [2.45, 2.75) is 6.92 Å². The first kappa shape index (κ1) is 20.8. The topological polar surface area (TPSA) is 106 Å². The van der Waals surface area contributed by atoms with Gasteiger partial charge in [-0.1, -0.05) is 42.5 Å². The third kappa shape index (κ3) is 4.65. The highest BCUT2D eigenvalue weighted by Gasteiger charge is 2.07. The van der Waals surface area contributed by atoms with Crippen LogP contribution in [-0.2, 0) is 4.79 Å². The molecule has 1 heterocycles. The molecule has 8 heteroatoms. The molecule has 0 aliphatic rings. The molecule has 4 aromatic rings. The van der Waals surface area contributed by atoms with Crippen LogP contribution in [0.1, 0.15) is 11.1 Å². The van der Waals surface area contributed by atoms with Crippen LogP contribution >= 0.6 is 0 Å². The van der Waals surface area contributed by atoms with Crippen molar-refractivity contribution < 1.29 is 9.53 Å². The fraction of sp³-hybridized carbons (Fsp3) is 0.0833. The number of benzene rings is 3. The Bertz CT molecular complexity index is 1440. The first-order valence-corrected chi connectivity index (χ1v) is 9.88. The summed E-state index contributed by atoms with van der Waals surface area (Å²) in [6, 6.07) is 21.0. The van der Waals surface area contributed by atoms with Crippen LogP contribution in [0, 0.1) is 6.92 Å². The van der Waals surface area contributed by atoms with Crippen molar-refractivity contribution >= 4 is 28.7 Å². The molecular weight excluding hydrogens is 408 g/mol. The summed E-state index contributed by atoms with van der Waals surface area (Å²) < 4.78 is 6.34. The van der Waals surface area contributed by atoms with Crippen LogP contribution in [0.5, 0.6) is 5.75 Å². The molecule has 0 fully saturated rings. The number of nitrogens with zero attached hydrogens (tertiary/aromatic N) is 2. The van der Waals surface area contributed by atoms with Crippen LogP contribution in [0.25, 0.3) is 10.9 Å². The molecule has 0 bridgehead atoms. The summed E-state index contributed by atoms with van der Waals surface area (Å²) in [5.74, 6) is 0.168. The fourth-order valence-corrected chi connectivity index (χ4v) is 3.12. The van der Waals surface area contributed by atoms with Crippen LogP contribution < -0.4 is 21.3 Å². The van der Waals surface area contributed by atoms with E-state index in [1.165, 1.54) is 6.21 Å². The summed E-state index contributed by atoms with van der Waals surface area (Å²) >= 11 is 0. The third-order valence-corrected chi connectivity index (χ3v) is 4.75. The number of aromatic nitrogens is 2. The van der Waals surface area contributed by atoms with Crippen LogP contribution in [0.4, 0.5) is 5.69 Å². The number of carbonyl (C=O) groups is 1. The Hall–Kier alpha value is -4.46. The number of hydrogen-bond donors (Lipinski definition) is 2. The summed E-state index contributed by atoms with van der Waals surface area (Å²) in [7, 11) is 0. The number of nitrogens with one attached hydrogen (secondary N) is 2. The molecule has 4 rings (SSSR count). The molecule has 1 amide bonds. The van der Waals surface area contributed by atoms with E-state index >= 15 is 0 Å². The molecular formula is C24H20N4O4. The summed E-state index contributed by atoms with van der Waals surface area (Å²) in [6.45, 7) is 1.74. The Morgan fingerprint density at radius 3 is 2.69 bits per heavy atom. The zero-order valence-corrected chi connectivity index (χ0v) is 17.2. The average molecular weight is 428 g/mol. The Kier molecular flexibility index (Phi) is 5.94. The van der Waals surface area contributed by atoms with Gasteiger partial charge >= 0.3 is 5.69 Å². The third-order valence-electron chi connectivity index (χ3n) is 4.75. The van der Waals surface area contributed by atoms with Gasteiger partial charge in [-0.25, -0.2) is 4.79 Å². The lowest BCUT2D eigenvalue weighted by Crippen LogP contribution is -2.32. The number of aromatic amines is 1. The van der Waals surface area contributed by atoms with Crippen molar-refractivity contribution in [3.05, 3.63) is 105 Å². The number of carbonyl (C=O) groups excluding carboxylic acids is 1. The number of anilines is 1. The monoisotopic (exact) mass is 428 g/mol. The zero-order chi connectivity index (χ0) is 22.5. The van der Waals surface area contributed by atoms with E-state index in [-0.39, 0.29) is 12.5 Å². The second-order valence-corrected chi connectivity index (χ2v) is 7.06. The molecule has 0 aliphatic heterocycles. The van der Waals surface area contributed by atoms with Gasteiger partial charge < -0.3 is 15.0 Å². The lowest BCUT2D eigenvalue weighted by molar-refractivity contribution is -0.118. The Morgan fingerprint density at radius 2 is 1.84 bits per heavy atom. The smallest absolute Gasteiger partial charge is 0.349 e. The Balaban J connectivity index is 1.47. The van der Waals surface area contributed by atoms with E-state index in [1.807, 2.05) is 31.2 Å². The van der Waals surface area contributed by atoms with E-state index in [0.29, 0.717) is 22.2 Å². The molecule has 0 aliphatic carbocycles. The molecule has 8 nitrogen and oxygen atoms in total. The highest BCUT2D eigenvalue weighted by Crippen LogP contribution is 2.14. The van der Waals surface area contributed by atoms with E-state index < -0.39 is 11.2 Å². The first-order chi connectivity index (χ1) is 15.5. The lowest BCUT2D eigenvalue weighted by atomic mass is 10.2. The quantitative estimate of drug-likeness (QED) is 0.461. The summed E-state index contributed by atoms with van der Waals surface area (Å²) in [5.41, 5.74) is 1.59. The minimum Gasteiger partial charge on any atom is -0.484 e. The minimum absolute atomic E-state index is 0.168. The molecule has 32 heavy (non-hydrogen) atoms. The number of amides is 1. The largest absolute Gasteiger partial charge is 0.484 e. The maximum Gasteiger partial charge on any atom is 0.349 e. The minimum atomic E-state index is -0.634. The van der Waals surface area contributed by atoms with Gasteiger partial charge in [0.1, 0.15) is 5.75 Å². The van der Waals surface area contributed by atoms with E-state index in [2.05, 4.69) is 15.4 Å². The van der Waals surface area contributed by atoms with Crippen molar-refractivity contribution in [1.82, 2.24) is 9.66 Å². The Morgan fingerprint density at radius 1 is 1.06 bits per heavy atom. The van der Waals surface area contributed by atoms with Crippen LogP contribution in [0.3, 0.4) is 0 Å². The number of H-pyrrole nitrogens is 1. The van der Waals surface area contributed by atoms with Crippen LogP contribution in [0.2, 0.25) is 0 Å². The van der Waals surface area contributed by atoms with Crippen molar-refractivity contribution in [2.24, 2.45) is 5.10 Å². The van der Waals surface area contributed by atoms with Gasteiger partial charge in [0.2, 0.25) is 0 Å². The van der Waals surface area contributed by atoms with E-state index in [9.17, 15) is 14.4 Å². The molecule has 0 saturated heterocycles. The van der Waals surface area contributed by atoms with Crippen LogP contribution in [-0.4, -0.2) is 28.4 Å². The maximum atomic E-state index is 12.5. The van der Waals surface area contributed by atoms with Crippen molar-refractivity contribution in [2.75, 3.05) is 11.9 Å². The summed E-state index contributed by atoms with van der Waals surface area (Å²) in [6.07, 6.45) is 1.38. The Labute approximate surface area is 182 Å². The standard InChI is InChI=1S/C24H20N4O4/c1-16-7-2-4-11-20(16)26-22(29)15-32-18-9-6-8-17(13-18)14-25-28-23(30)19-10-3-5-12-21(19)27-24(28)31/h2-14H,15H2,1H3,(H,26,29)(H,27,31). The first-order valence-electron chi connectivity index (χ1n) is 9.88. The van der Waals surface area contributed by atoms with E-state index in [1.54, 1.807) is 48.5 Å². The molecule has 2 N–H and O–H groups in total. The fourth-order valence-electron chi connectivity index (χ4n) is 3.12. The molecule has 0 saturated carbocycles. The van der Waals surface area contributed by atoms with Crippen molar-refractivity contribution in [1.29, 1.82) is 0 Å².